The molecule has 0 radical (unpaired) electrons. The second-order valence-electron chi connectivity index (χ2n) is 8.80. The first-order valence-electron chi connectivity index (χ1n) is 10.1. The van der Waals surface area contributed by atoms with Crippen molar-refractivity contribution in [1.29, 1.82) is 0 Å². The Morgan fingerprint density at radius 1 is 1.03 bits per heavy atom. The van der Waals surface area contributed by atoms with Crippen molar-refractivity contribution in [3.63, 3.8) is 0 Å². The number of halogens is 3. The number of nitrogens with one attached hydrogen (secondary N) is 2. The zero-order valence-electron chi connectivity index (χ0n) is 18.0. The fourth-order valence-electron chi connectivity index (χ4n) is 3.42. The molecule has 1 aliphatic heterocycles. The van der Waals surface area contributed by atoms with Crippen LogP contribution in [0.15, 0.2) is 18.2 Å². The third-order valence-electron chi connectivity index (χ3n) is 4.64. The Hall–Kier alpha value is -2.29. The van der Waals surface area contributed by atoms with Gasteiger partial charge in [-0.25, -0.2) is 0 Å². The second-order valence-corrected chi connectivity index (χ2v) is 8.80. The van der Waals surface area contributed by atoms with Gasteiger partial charge < -0.3 is 15.5 Å². The molecular formula is C21H31F3N4O2. The number of rotatable bonds is 6. The topological polar surface area (TPSA) is 64.7 Å². The highest BCUT2D eigenvalue weighted by Gasteiger charge is 2.32. The van der Waals surface area contributed by atoms with E-state index in [2.05, 4.69) is 10.6 Å². The SMILES string of the molecule is CN(CC(=O)Nc1cc(C(F)(F)F)ccc1N1CCCCC1)CC(=O)NC(C)(C)C. The van der Waals surface area contributed by atoms with Crippen LogP contribution in [-0.4, -0.2) is 55.5 Å². The van der Waals surface area contributed by atoms with Gasteiger partial charge in [0.1, 0.15) is 0 Å². The number of hydrogen-bond acceptors (Lipinski definition) is 4. The Morgan fingerprint density at radius 3 is 2.20 bits per heavy atom. The van der Waals surface area contributed by atoms with Gasteiger partial charge in [-0.1, -0.05) is 0 Å². The standard InChI is InChI=1S/C21H31F3N4O2/c1-20(2,3)26-19(30)14-27(4)13-18(29)25-16-12-15(21(22,23)24)8-9-17(16)28-10-6-5-7-11-28/h8-9,12H,5-7,10-11,13-14H2,1-4H3,(H,25,29)(H,26,30). The summed E-state index contributed by atoms with van der Waals surface area (Å²) in [6.07, 6.45) is -1.50. The predicted octanol–water partition coefficient (Wildman–Crippen LogP) is 3.48. The van der Waals surface area contributed by atoms with Gasteiger partial charge in [-0.05, 0) is 65.3 Å². The largest absolute Gasteiger partial charge is 0.416 e. The molecule has 0 atom stereocenters. The van der Waals surface area contributed by atoms with Crippen molar-refractivity contribution < 1.29 is 22.8 Å². The molecule has 168 valence electrons. The highest BCUT2D eigenvalue weighted by Crippen LogP contribution is 2.36. The molecule has 2 rings (SSSR count). The van der Waals surface area contributed by atoms with Crippen LogP contribution in [-0.2, 0) is 15.8 Å². The summed E-state index contributed by atoms with van der Waals surface area (Å²) in [4.78, 5) is 28.0. The maximum Gasteiger partial charge on any atom is 0.416 e. The van der Waals surface area contributed by atoms with Gasteiger partial charge in [-0.2, -0.15) is 13.2 Å². The monoisotopic (exact) mass is 428 g/mol. The minimum atomic E-state index is -4.50. The molecule has 1 fully saturated rings. The molecule has 2 amide bonds. The van der Waals surface area contributed by atoms with Crippen LogP contribution in [0, 0.1) is 0 Å². The number of alkyl halides is 3. The molecule has 0 saturated carbocycles. The Labute approximate surface area is 175 Å². The zero-order chi connectivity index (χ0) is 22.5. The van der Waals surface area contributed by atoms with Gasteiger partial charge in [0.2, 0.25) is 11.8 Å². The molecule has 2 N–H and O–H groups in total. The van der Waals surface area contributed by atoms with Gasteiger partial charge in [-0.15, -0.1) is 0 Å². The summed E-state index contributed by atoms with van der Waals surface area (Å²) in [7, 11) is 1.61. The molecule has 0 aromatic heterocycles. The van der Waals surface area contributed by atoms with E-state index < -0.39 is 17.6 Å². The number of piperidine rings is 1. The summed E-state index contributed by atoms with van der Waals surface area (Å²) in [6, 6.07) is 3.45. The molecule has 1 aromatic carbocycles. The minimum absolute atomic E-state index is 0.00621. The Balaban J connectivity index is 2.10. The molecule has 0 spiro atoms. The number of nitrogens with zero attached hydrogens (tertiary/aromatic N) is 2. The molecule has 1 aliphatic rings. The van der Waals surface area contributed by atoms with Crippen LogP contribution in [0.2, 0.25) is 0 Å². The summed E-state index contributed by atoms with van der Waals surface area (Å²) in [5, 5.41) is 5.42. The highest BCUT2D eigenvalue weighted by atomic mass is 19.4. The van der Waals surface area contributed by atoms with E-state index in [9.17, 15) is 22.8 Å². The summed E-state index contributed by atoms with van der Waals surface area (Å²) in [5.41, 5.74) is -0.466. The van der Waals surface area contributed by atoms with E-state index in [1.807, 2.05) is 25.7 Å². The predicted molar refractivity (Wildman–Crippen MR) is 112 cm³/mol. The van der Waals surface area contributed by atoms with Crippen LogP contribution in [0.1, 0.15) is 45.6 Å². The molecule has 9 heteroatoms. The first-order valence-corrected chi connectivity index (χ1v) is 10.1. The van der Waals surface area contributed by atoms with Gasteiger partial charge in [0.05, 0.1) is 30.0 Å². The average molecular weight is 428 g/mol. The lowest BCUT2D eigenvalue weighted by molar-refractivity contribution is -0.137. The number of amides is 2. The molecule has 0 unspecified atom stereocenters. The molecule has 0 bridgehead atoms. The zero-order valence-corrected chi connectivity index (χ0v) is 18.0. The van der Waals surface area contributed by atoms with Crippen LogP contribution in [0.4, 0.5) is 24.5 Å². The molecule has 30 heavy (non-hydrogen) atoms. The maximum atomic E-state index is 13.2. The second kappa shape index (κ2) is 9.68. The van der Waals surface area contributed by atoms with E-state index >= 15 is 0 Å². The van der Waals surface area contributed by atoms with Crippen molar-refractivity contribution in [3.8, 4) is 0 Å². The third-order valence-corrected chi connectivity index (χ3v) is 4.64. The van der Waals surface area contributed by atoms with Gasteiger partial charge in [0.15, 0.2) is 0 Å². The smallest absolute Gasteiger partial charge is 0.370 e. The molecule has 1 heterocycles. The summed E-state index contributed by atoms with van der Waals surface area (Å²) in [6.45, 7) is 6.93. The molecule has 6 nitrogen and oxygen atoms in total. The lowest BCUT2D eigenvalue weighted by Crippen LogP contribution is -2.46. The van der Waals surface area contributed by atoms with E-state index in [0.29, 0.717) is 5.69 Å². The van der Waals surface area contributed by atoms with Crippen LogP contribution in [0.5, 0.6) is 0 Å². The van der Waals surface area contributed by atoms with Gasteiger partial charge in [0, 0.05) is 18.6 Å². The van der Waals surface area contributed by atoms with Crippen molar-refractivity contribution in [1.82, 2.24) is 10.2 Å². The number of hydrogen-bond donors (Lipinski definition) is 2. The first-order chi connectivity index (χ1) is 13.8. The first kappa shape index (κ1) is 24.0. The van der Waals surface area contributed by atoms with Crippen molar-refractivity contribution in [2.24, 2.45) is 0 Å². The van der Waals surface area contributed by atoms with E-state index in [1.54, 1.807) is 7.05 Å². The number of likely N-dealkylation sites (N-methyl/N-ethyl adjacent to an activating group) is 1. The van der Waals surface area contributed by atoms with Crippen LogP contribution in [0.25, 0.3) is 0 Å². The number of benzene rings is 1. The van der Waals surface area contributed by atoms with Gasteiger partial charge >= 0.3 is 6.18 Å². The van der Waals surface area contributed by atoms with Crippen molar-refractivity contribution in [2.45, 2.75) is 51.7 Å². The Morgan fingerprint density at radius 2 is 1.63 bits per heavy atom. The van der Waals surface area contributed by atoms with Gasteiger partial charge in [-0.3, -0.25) is 14.5 Å². The van der Waals surface area contributed by atoms with E-state index in [0.717, 1.165) is 44.5 Å². The molecule has 1 aromatic rings. The van der Waals surface area contributed by atoms with Crippen molar-refractivity contribution in [3.05, 3.63) is 23.8 Å². The fraction of sp³-hybridized carbons (Fsp3) is 0.619. The molecule has 0 aliphatic carbocycles. The van der Waals surface area contributed by atoms with Crippen LogP contribution < -0.4 is 15.5 Å². The summed E-state index contributed by atoms with van der Waals surface area (Å²) < 4.78 is 39.6. The fourth-order valence-corrected chi connectivity index (χ4v) is 3.42. The number of carbonyl (C=O) groups excluding carboxylic acids is 2. The molecular weight excluding hydrogens is 397 g/mol. The van der Waals surface area contributed by atoms with E-state index in [4.69, 9.17) is 0 Å². The lowest BCUT2D eigenvalue weighted by Gasteiger charge is -2.31. The summed E-state index contributed by atoms with van der Waals surface area (Å²) >= 11 is 0. The van der Waals surface area contributed by atoms with Gasteiger partial charge in [0.25, 0.3) is 0 Å². The third kappa shape index (κ3) is 7.51. The lowest BCUT2D eigenvalue weighted by atomic mass is 10.1. The Bertz CT molecular complexity index is 754. The van der Waals surface area contributed by atoms with Crippen molar-refractivity contribution >= 4 is 23.2 Å². The van der Waals surface area contributed by atoms with Crippen molar-refractivity contribution in [2.75, 3.05) is 43.4 Å². The normalized spacial score (nSPS) is 15.3. The van der Waals surface area contributed by atoms with Crippen LogP contribution >= 0.6 is 0 Å². The Kier molecular flexibility index (Phi) is 7.74. The van der Waals surface area contributed by atoms with E-state index in [-0.39, 0.29) is 30.2 Å². The average Bonchev–Trinajstić information content (AvgIpc) is 2.59. The van der Waals surface area contributed by atoms with E-state index in [1.165, 1.54) is 11.0 Å². The number of carbonyl (C=O) groups is 2. The van der Waals surface area contributed by atoms with Crippen LogP contribution in [0.3, 0.4) is 0 Å². The minimum Gasteiger partial charge on any atom is -0.370 e. The molecule has 1 saturated heterocycles. The quantitative estimate of drug-likeness (QED) is 0.728. The number of anilines is 2. The highest BCUT2D eigenvalue weighted by molar-refractivity contribution is 5.96. The maximum absolute atomic E-state index is 13.2. The summed E-state index contributed by atoms with van der Waals surface area (Å²) in [5.74, 6) is -0.704.